The predicted molar refractivity (Wildman–Crippen MR) is 94.6 cm³/mol. The summed E-state index contributed by atoms with van der Waals surface area (Å²) in [7, 11) is 1.55. The third kappa shape index (κ3) is 4.73. The molecule has 0 heterocycles. The maximum atomic E-state index is 12.1. The normalized spacial score (nSPS) is 11.4. The fourth-order valence-corrected chi connectivity index (χ4v) is 2.25. The van der Waals surface area contributed by atoms with Crippen LogP contribution in [0.25, 0.3) is 0 Å². The van der Waals surface area contributed by atoms with Crippen LogP contribution in [0.4, 0.5) is 0 Å². The van der Waals surface area contributed by atoms with Crippen molar-refractivity contribution in [3.63, 3.8) is 0 Å². The van der Waals surface area contributed by atoms with E-state index in [4.69, 9.17) is 9.47 Å². The standard InChI is InChI=1S/C19H22N2O4/c1-12-6-5-7-13(2)17(12)25-14(3)18(22)20-21-19(23)15-8-10-16(24-4)11-9-15/h5-11,14H,1-4H3,(H,20,22)(H,21,23)/t14-/m1/s1. The molecule has 2 aromatic rings. The topological polar surface area (TPSA) is 76.7 Å². The zero-order valence-corrected chi connectivity index (χ0v) is 14.8. The van der Waals surface area contributed by atoms with Crippen molar-refractivity contribution in [2.24, 2.45) is 0 Å². The van der Waals surface area contributed by atoms with Gasteiger partial charge < -0.3 is 9.47 Å². The molecule has 2 rings (SSSR count). The number of rotatable bonds is 5. The van der Waals surface area contributed by atoms with Crippen molar-refractivity contribution in [2.75, 3.05) is 7.11 Å². The molecule has 6 nitrogen and oxygen atoms in total. The highest BCUT2D eigenvalue weighted by Crippen LogP contribution is 2.23. The van der Waals surface area contributed by atoms with Crippen molar-refractivity contribution < 1.29 is 19.1 Å². The minimum absolute atomic E-state index is 0.407. The SMILES string of the molecule is COc1ccc(C(=O)NNC(=O)[C@@H](C)Oc2c(C)cccc2C)cc1. The maximum Gasteiger partial charge on any atom is 0.279 e. The molecule has 0 aromatic heterocycles. The first-order chi connectivity index (χ1) is 11.9. The Labute approximate surface area is 147 Å². The number of hydrogen-bond donors (Lipinski definition) is 2. The fraction of sp³-hybridized carbons (Fsp3) is 0.263. The van der Waals surface area contributed by atoms with Crippen LogP contribution in [0.3, 0.4) is 0 Å². The summed E-state index contributed by atoms with van der Waals surface area (Å²) in [5.41, 5.74) is 7.05. The second-order valence-electron chi connectivity index (χ2n) is 5.65. The number of hydrogen-bond acceptors (Lipinski definition) is 4. The number of nitrogens with one attached hydrogen (secondary N) is 2. The number of carbonyl (C=O) groups excluding carboxylic acids is 2. The molecule has 0 aliphatic carbocycles. The minimum Gasteiger partial charge on any atom is -0.497 e. The van der Waals surface area contributed by atoms with Gasteiger partial charge in [0.1, 0.15) is 11.5 Å². The first-order valence-corrected chi connectivity index (χ1v) is 7.89. The van der Waals surface area contributed by atoms with Crippen LogP contribution in [0.2, 0.25) is 0 Å². The van der Waals surface area contributed by atoms with E-state index in [-0.39, 0.29) is 0 Å². The number of amides is 2. The van der Waals surface area contributed by atoms with Gasteiger partial charge in [-0.05, 0) is 56.2 Å². The molecule has 132 valence electrons. The molecule has 0 spiro atoms. The first kappa shape index (κ1) is 18.3. The maximum absolute atomic E-state index is 12.1. The molecule has 0 saturated carbocycles. The van der Waals surface area contributed by atoms with E-state index >= 15 is 0 Å². The molecular formula is C19H22N2O4. The summed E-state index contributed by atoms with van der Waals surface area (Å²) < 4.78 is 10.8. The van der Waals surface area contributed by atoms with E-state index in [1.807, 2.05) is 32.0 Å². The monoisotopic (exact) mass is 342 g/mol. The van der Waals surface area contributed by atoms with Crippen LogP contribution in [0.1, 0.15) is 28.4 Å². The molecule has 0 saturated heterocycles. The van der Waals surface area contributed by atoms with E-state index in [0.717, 1.165) is 11.1 Å². The van der Waals surface area contributed by atoms with E-state index in [1.54, 1.807) is 38.3 Å². The van der Waals surface area contributed by atoms with Crippen LogP contribution in [-0.4, -0.2) is 25.0 Å². The summed E-state index contributed by atoms with van der Waals surface area (Å²) in [5, 5.41) is 0. The van der Waals surface area contributed by atoms with Crippen LogP contribution in [0.5, 0.6) is 11.5 Å². The summed E-state index contributed by atoms with van der Waals surface area (Å²) >= 11 is 0. The van der Waals surface area contributed by atoms with Crippen LogP contribution in [0.15, 0.2) is 42.5 Å². The lowest BCUT2D eigenvalue weighted by molar-refractivity contribution is -0.128. The predicted octanol–water partition coefficient (Wildman–Crippen LogP) is 2.54. The highest BCUT2D eigenvalue weighted by Gasteiger charge is 2.17. The Morgan fingerprint density at radius 2 is 1.56 bits per heavy atom. The molecule has 6 heteroatoms. The van der Waals surface area contributed by atoms with Crippen LogP contribution >= 0.6 is 0 Å². The van der Waals surface area contributed by atoms with E-state index in [0.29, 0.717) is 17.1 Å². The average Bonchev–Trinajstić information content (AvgIpc) is 2.62. The van der Waals surface area contributed by atoms with Gasteiger partial charge in [0, 0.05) is 5.56 Å². The molecule has 25 heavy (non-hydrogen) atoms. The third-order valence-corrected chi connectivity index (χ3v) is 3.72. The summed E-state index contributed by atoms with van der Waals surface area (Å²) in [4.78, 5) is 24.2. The third-order valence-electron chi connectivity index (χ3n) is 3.72. The molecule has 2 aromatic carbocycles. The van der Waals surface area contributed by atoms with Gasteiger partial charge in [0.05, 0.1) is 7.11 Å². The van der Waals surface area contributed by atoms with Gasteiger partial charge >= 0.3 is 0 Å². The Bertz CT molecular complexity index is 736. The van der Waals surface area contributed by atoms with Gasteiger partial charge in [-0.15, -0.1) is 0 Å². The zero-order chi connectivity index (χ0) is 18.4. The minimum atomic E-state index is -0.754. The van der Waals surface area contributed by atoms with Crippen molar-refractivity contribution in [1.82, 2.24) is 10.9 Å². The highest BCUT2D eigenvalue weighted by molar-refractivity contribution is 5.95. The number of carbonyl (C=O) groups is 2. The smallest absolute Gasteiger partial charge is 0.279 e. The Balaban J connectivity index is 1.91. The molecule has 0 radical (unpaired) electrons. The number of methoxy groups -OCH3 is 1. The molecule has 2 N–H and O–H groups in total. The number of hydrazine groups is 1. The van der Waals surface area contributed by atoms with Gasteiger partial charge in [-0.1, -0.05) is 18.2 Å². The Morgan fingerprint density at radius 3 is 2.12 bits per heavy atom. The second kappa shape index (κ2) is 8.19. The fourth-order valence-electron chi connectivity index (χ4n) is 2.25. The van der Waals surface area contributed by atoms with Crippen molar-refractivity contribution in [3.8, 4) is 11.5 Å². The van der Waals surface area contributed by atoms with Gasteiger partial charge in [0.2, 0.25) is 0 Å². The van der Waals surface area contributed by atoms with Crippen LogP contribution in [-0.2, 0) is 4.79 Å². The number of aryl methyl sites for hydroxylation is 2. The molecule has 0 aliphatic rings. The lowest BCUT2D eigenvalue weighted by Gasteiger charge is -2.18. The van der Waals surface area contributed by atoms with E-state index in [1.165, 1.54) is 0 Å². The molecule has 2 amide bonds. The number of para-hydroxylation sites is 1. The number of ether oxygens (including phenoxy) is 2. The second-order valence-corrected chi connectivity index (χ2v) is 5.65. The summed E-state index contributed by atoms with van der Waals surface area (Å²) in [5.74, 6) is 0.461. The largest absolute Gasteiger partial charge is 0.497 e. The molecule has 0 bridgehead atoms. The summed E-state index contributed by atoms with van der Waals surface area (Å²) in [6.45, 7) is 5.46. The first-order valence-electron chi connectivity index (χ1n) is 7.89. The van der Waals surface area contributed by atoms with E-state index in [2.05, 4.69) is 10.9 Å². The summed E-state index contributed by atoms with van der Waals surface area (Å²) in [6, 6.07) is 12.3. The molecular weight excluding hydrogens is 320 g/mol. The van der Waals surface area contributed by atoms with Crippen molar-refractivity contribution in [3.05, 3.63) is 59.2 Å². The quantitative estimate of drug-likeness (QED) is 0.819. The van der Waals surface area contributed by atoms with Crippen molar-refractivity contribution in [1.29, 1.82) is 0 Å². The van der Waals surface area contributed by atoms with Crippen molar-refractivity contribution >= 4 is 11.8 Å². The molecule has 0 fully saturated rings. The molecule has 0 aliphatic heterocycles. The van der Waals surface area contributed by atoms with Gasteiger partial charge in [0.15, 0.2) is 6.10 Å². The molecule has 1 atom stereocenters. The Morgan fingerprint density at radius 1 is 0.960 bits per heavy atom. The van der Waals surface area contributed by atoms with Gasteiger partial charge in [-0.25, -0.2) is 0 Å². The average molecular weight is 342 g/mol. The summed E-state index contributed by atoms with van der Waals surface area (Å²) in [6.07, 6.45) is -0.754. The van der Waals surface area contributed by atoms with Gasteiger partial charge in [0.25, 0.3) is 11.8 Å². The lowest BCUT2D eigenvalue weighted by atomic mass is 10.1. The molecule has 0 unspecified atom stereocenters. The van der Waals surface area contributed by atoms with Crippen LogP contribution < -0.4 is 20.3 Å². The Hall–Kier alpha value is -3.02. The van der Waals surface area contributed by atoms with E-state index in [9.17, 15) is 9.59 Å². The van der Waals surface area contributed by atoms with Crippen molar-refractivity contribution in [2.45, 2.75) is 26.9 Å². The highest BCUT2D eigenvalue weighted by atomic mass is 16.5. The van der Waals surface area contributed by atoms with Gasteiger partial charge in [-0.2, -0.15) is 0 Å². The Kier molecular flexibility index (Phi) is 6.00. The number of benzene rings is 2. The van der Waals surface area contributed by atoms with Gasteiger partial charge in [-0.3, -0.25) is 20.4 Å². The lowest BCUT2D eigenvalue weighted by Crippen LogP contribution is -2.47. The van der Waals surface area contributed by atoms with E-state index < -0.39 is 17.9 Å². The zero-order valence-electron chi connectivity index (χ0n) is 14.8. The van der Waals surface area contributed by atoms with Crippen LogP contribution in [0, 0.1) is 13.8 Å².